The number of hydrogen-bond acceptors (Lipinski definition) is 3. The van der Waals surface area contributed by atoms with Crippen LogP contribution in [0.25, 0.3) is 0 Å². The van der Waals surface area contributed by atoms with Gasteiger partial charge in [-0.3, -0.25) is 9.48 Å². The molecule has 150 valence electrons. The molecule has 7 heteroatoms. The summed E-state index contributed by atoms with van der Waals surface area (Å²) in [5.74, 6) is 2.63. The van der Waals surface area contributed by atoms with E-state index in [-0.39, 0.29) is 5.91 Å². The molecule has 1 amide bonds. The Kier molecular flexibility index (Phi) is 4.30. The molecule has 0 radical (unpaired) electrons. The van der Waals surface area contributed by atoms with Gasteiger partial charge in [-0.25, -0.2) is 4.68 Å². The highest BCUT2D eigenvalue weighted by Gasteiger charge is 2.50. The van der Waals surface area contributed by atoms with E-state index in [2.05, 4.69) is 15.5 Å². The molecule has 1 N–H and O–H groups in total. The maximum absolute atomic E-state index is 12.7. The van der Waals surface area contributed by atoms with Crippen molar-refractivity contribution in [1.29, 1.82) is 0 Å². The van der Waals surface area contributed by atoms with Crippen LogP contribution in [0.5, 0.6) is 0 Å². The van der Waals surface area contributed by atoms with Crippen molar-refractivity contribution in [1.82, 2.24) is 24.9 Å². The van der Waals surface area contributed by atoms with Crippen molar-refractivity contribution in [3.63, 3.8) is 0 Å². The normalized spacial score (nSPS) is 30.8. The Bertz CT molecular complexity index is 879. The SMILES string of the molecule is Cc1nn(Cn2ccc(C(=O)NCC34CC5CC(CC(C5)C3)C4)n2)c(C)c1Cl. The smallest absolute Gasteiger partial charge is 0.271 e. The Morgan fingerprint density at radius 1 is 1.18 bits per heavy atom. The first-order valence-corrected chi connectivity index (χ1v) is 10.8. The number of amides is 1. The molecule has 0 unspecified atom stereocenters. The van der Waals surface area contributed by atoms with Gasteiger partial charge in [-0.15, -0.1) is 0 Å². The van der Waals surface area contributed by atoms with Crippen LogP contribution in [0.4, 0.5) is 0 Å². The number of carbonyl (C=O) groups excluding carboxylic acids is 1. The Morgan fingerprint density at radius 2 is 1.82 bits per heavy atom. The first kappa shape index (κ1) is 18.2. The van der Waals surface area contributed by atoms with E-state index in [4.69, 9.17) is 11.6 Å². The van der Waals surface area contributed by atoms with Crippen molar-refractivity contribution in [3.8, 4) is 0 Å². The van der Waals surface area contributed by atoms with Crippen LogP contribution in [-0.4, -0.2) is 32.0 Å². The van der Waals surface area contributed by atoms with Gasteiger partial charge < -0.3 is 5.32 Å². The van der Waals surface area contributed by atoms with Gasteiger partial charge in [0.1, 0.15) is 12.4 Å². The van der Waals surface area contributed by atoms with E-state index in [0.29, 0.717) is 22.8 Å². The summed E-state index contributed by atoms with van der Waals surface area (Å²) in [5, 5.41) is 12.8. The molecular formula is C21H28ClN5O. The molecule has 28 heavy (non-hydrogen) atoms. The standard InChI is InChI=1S/C21H28ClN5O/c1-13-19(22)14(2)27(24-13)12-26-4-3-18(25-26)20(28)23-11-21-8-15-5-16(9-21)7-17(6-15)10-21/h3-4,15-17H,5-12H2,1-2H3,(H,23,28). The fourth-order valence-electron chi connectivity index (χ4n) is 6.38. The van der Waals surface area contributed by atoms with Gasteiger partial charge >= 0.3 is 0 Å². The average Bonchev–Trinajstić information content (AvgIpc) is 3.20. The van der Waals surface area contributed by atoms with E-state index < -0.39 is 0 Å². The molecule has 0 aliphatic heterocycles. The van der Waals surface area contributed by atoms with Crippen LogP contribution >= 0.6 is 11.6 Å². The molecule has 0 spiro atoms. The van der Waals surface area contributed by atoms with Gasteiger partial charge in [0.25, 0.3) is 5.91 Å². The first-order chi connectivity index (χ1) is 13.4. The lowest BCUT2D eigenvalue weighted by molar-refractivity contribution is -0.0503. The van der Waals surface area contributed by atoms with Crippen LogP contribution < -0.4 is 5.32 Å². The van der Waals surface area contributed by atoms with Gasteiger partial charge in [0.2, 0.25) is 0 Å². The molecule has 2 aromatic rings. The zero-order valence-corrected chi connectivity index (χ0v) is 17.4. The second kappa shape index (κ2) is 6.61. The van der Waals surface area contributed by atoms with Crippen molar-refractivity contribution in [3.05, 3.63) is 34.4 Å². The molecule has 6 nitrogen and oxygen atoms in total. The number of aromatic nitrogens is 4. The quantitative estimate of drug-likeness (QED) is 0.828. The maximum atomic E-state index is 12.7. The highest BCUT2D eigenvalue weighted by atomic mass is 35.5. The molecule has 0 saturated heterocycles. The monoisotopic (exact) mass is 401 g/mol. The highest BCUT2D eigenvalue weighted by Crippen LogP contribution is 2.59. The second-order valence-corrected chi connectivity index (χ2v) is 9.84. The van der Waals surface area contributed by atoms with Gasteiger partial charge in [0.05, 0.1) is 16.4 Å². The molecule has 0 aromatic carbocycles. The summed E-state index contributed by atoms with van der Waals surface area (Å²) in [6, 6.07) is 1.78. The van der Waals surface area contributed by atoms with Crippen LogP contribution in [0.3, 0.4) is 0 Å². The predicted molar refractivity (Wildman–Crippen MR) is 107 cm³/mol. The zero-order chi connectivity index (χ0) is 19.5. The molecule has 4 aliphatic rings. The number of rotatable bonds is 5. The molecule has 0 atom stereocenters. The summed E-state index contributed by atoms with van der Waals surface area (Å²) in [7, 11) is 0. The van der Waals surface area contributed by atoms with E-state index in [0.717, 1.165) is 35.7 Å². The van der Waals surface area contributed by atoms with E-state index in [1.54, 1.807) is 10.7 Å². The third kappa shape index (κ3) is 3.15. The summed E-state index contributed by atoms with van der Waals surface area (Å²) < 4.78 is 3.54. The fraction of sp³-hybridized carbons (Fsp3) is 0.667. The molecule has 2 heterocycles. The van der Waals surface area contributed by atoms with E-state index in [1.807, 2.05) is 24.7 Å². The Labute approximate surface area is 170 Å². The lowest BCUT2D eigenvalue weighted by Gasteiger charge is -2.56. The molecule has 4 bridgehead atoms. The second-order valence-electron chi connectivity index (χ2n) is 9.47. The van der Waals surface area contributed by atoms with Gasteiger partial charge in [-0.2, -0.15) is 10.2 Å². The maximum Gasteiger partial charge on any atom is 0.271 e. The molecule has 4 fully saturated rings. The minimum atomic E-state index is -0.0686. The van der Waals surface area contributed by atoms with Crippen LogP contribution in [-0.2, 0) is 6.67 Å². The Hall–Kier alpha value is -1.82. The molecule has 2 aromatic heterocycles. The minimum absolute atomic E-state index is 0.0686. The summed E-state index contributed by atoms with van der Waals surface area (Å²) in [5.41, 5.74) is 2.52. The van der Waals surface area contributed by atoms with E-state index >= 15 is 0 Å². The largest absolute Gasteiger partial charge is 0.350 e. The van der Waals surface area contributed by atoms with Gasteiger partial charge in [-0.05, 0) is 81.6 Å². The summed E-state index contributed by atoms with van der Waals surface area (Å²) >= 11 is 6.21. The van der Waals surface area contributed by atoms with E-state index in [9.17, 15) is 4.79 Å². The van der Waals surface area contributed by atoms with Gasteiger partial charge in [0, 0.05) is 12.7 Å². The molecular weight excluding hydrogens is 374 g/mol. The van der Waals surface area contributed by atoms with Crippen LogP contribution in [0.2, 0.25) is 5.02 Å². The number of carbonyl (C=O) groups is 1. The van der Waals surface area contributed by atoms with Crippen LogP contribution in [0.15, 0.2) is 12.3 Å². The van der Waals surface area contributed by atoms with Crippen molar-refractivity contribution >= 4 is 17.5 Å². The van der Waals surface area contributed by atoms with Crippen LogP contribution in [0, 0.1) is 37.0 Å². The third-order valence-electron chi connectivity index (χ3n) is 7.23. The zero-order valence-electron chi connectivity index (χ0n) is 16.6. The molecule has 4 aliphatic carbocycles. The van der Waals surface area contributed by atoms with Crippen molar-refractivity contribution in [2.24, 2.45) is 23.2 Å². The van der Waals surface area contributed by atoms with Gasteiger partial charge in [0.15, 0.2) is 0 Å². The first-order valence-electron chi connectivity index (χ1n) is 10.4. The Balaban J connectivity index is 1.22. The van der Waals surface area contributed by atoms with E-state index in [1.165, 1.54) is 38.5 Å². The molecule has 6 rings (SSSR count). The lowest BCUT2D eigenvalue weighted by atomic mass is 9.49. The van der Waals surface area contributed by atoms with Crippen LogP contribution in [0.1, 0.15) is 60.4 Å². The Morgan fingerprint density at radius 3 is 2.39 bits per heavy atom. The number of aryl methyl sites for hydroxylation is 1. The van der Waals surface area contributed by atoms with Gasteiger partial charge in [-0.1, -0.05) is 11.6 Å². The number of nitrogens with one attached hydrogen (secondary N) is 1. The third-order valence-corrected chi connectivity index (χ3v) is 7.78. The van der Waals surface area contributed by atoms with Crippen molar-refractivity contribution in [2.45, 2.75) is 59.0 Å². The molecule has 4 saturated carbocycles. The van der Waals surface area contributed by atoms with Crippen molar-refractivity contribution < 1.29 is 4.79 Å². The minimum Gasteiger partial charge on any atom is -0.350 e. The average molecular weight is 402 g/mol. The number of halogens is 1. The predicted octanol–water partition coefficient (Wildman–Crippen LogP) is 3.80. The summed E-state index contributed by atoms with van der Waals surface area (Å²) in [4.78, 5) is 12.7. The lowest BCUT2D eigenvalue weighted by Crippen LogP contribution is -2.51. The number of nitrogens with zero attached hydrogens (tertiary/aromatic N) is 4. The summed E-state index contributed by atoms with van der Waals surface area (Å²) in [6.07, 6.45) is 9.99. The number of hydrogen-bond donors (Lipinski definition) is 1. The fourth-order valence-corrected chi connectivity index (χ4v) is 6.51. The highest BCUT2D eigenvalue weighted by molar-refractivity contribution is 6.31. The summed E-state index contributed by atoms with van der Waals surface area (Å²) in [6.45, 7) is 5.07. The van der Waals surface area contributed by atoms with Crippen molar-refractivity contribution in [2.75, 3.05) is 6.54 Å². The topological polar surface area (TPSA) is 64.7 Å².